The molecule has 34 heavy (non-hydrogen) atoms. The van der Waals surface area contributed by atoms with Gasteiger partial charge in [-0.2, -0.15) is 5.48 Å². The predicted octanol–water partition coefficient (Wildman–Crippen LogP) is 1.10. The van der Waals surface area contributed by atoms with Gasteiger partial charge in [0.25, 0.3) is 0 Å². The van der Waals surface area contributed by atoms with Crippen LogP contribution in [0.4, 0.5) is 0 Å². The minimum atomic E-state index is -3.73. The first-order chi connectivity index (χ1) is 16.1. The van der Waals surface area contributed by atoms with E-state index in [0.717, 1.165) is 22.9 Å². The zero-order chi connectivity index (χ0) is 24.9. The Morgan fingerprint density at radius 3 is 2.18 bits per heavy atom. The summed E-state index contributed by atoms with van der Waals surface area (Å²) in [5.74, 6) is 6.10. The van der Waals surface area contributed by atoms with Gasteiger partial charge in [0.15, 0.2) is 9.84 Å². The van der Waals surface area contributed by atoms with Gasteiger partial charge in [0, 0.05) is 30.2 Å². The summed E-state index contributed by atoms with van der Waals surface area (Å²) in [6.07, 6.45) is -1.88. The Hall–Kier alpha value is -2.78. The summed E-state index contributed by atoms with van der Waals surface area (Å²) in [7, 11) is -3.73. The van der Waals surface area contributed by atoms with Gasteiger partial charge in [-0.15, -0.1) is 0 Å². The summed E-state index contributed by atoms with van der Waals surface area (Å²) in [5.41, 5.74) is 5.23. The monoisotopic (exact) mass is 488 g/mol. The van der Waals surface area contributed by atoms with E-state index in [1.165, 1.54) is 6.92 Å². The van der Waals surface area contributed by atoms with Gasteiger partial charge in [-0.25, -0.2) is 8.42 Å². The molecule has 0 amide bonds. The first-order valence-electron chi connectivity index (χ1n) is 10.6. The van der Waals surface area contributed by atoms with Crippen LogP contribution in [-0.2, 0) is 14.7 Å². The number of hydrogen-bond donors (Lipinski definition) is 5. The summed E-state index contributed by atoms with van der Waals surface area (Å²) in [6, 6.07) is 14.3. The molecule has 5 N–H and O–H groups in total. The van der Waals surface area contributed by atoms with Gasteiger partial charge in [-0.1, -0.05) is 41.3 Å². The summed E-state index contributed by atoms with van der Waals surface area (Å²) >= 11 is 0. The quantitative estimate of drug-likeness (QED) is 0.211. The molecule has 10 heteroatoms. The second-order valence-corrected chi connectivity index (χ2v) is 10.9. The molecule has 0 saturated carbocycles. The largest absolute Gasteiger partial charge is 0.393 e. The molecular formula is C24H28N2O7S. The molecule has 0 fully saturated rings. The van der Waals surface area contributed by atoms with Crippen molar-refractivity contribution in [3.8, 4) is 11.8 Å². The maximum atomic E-state index is 12.2. The number of rotatable bonds is 8. The van der Waals surface area contributed by atoms with Crippen LogP contribution in [0, 0.1) is 11.8 Å². The fourth-order valence-electron chi connectivity index (χ4n) is 3.55. The number of nitrogens with zero attached hydrogens (tertiary/aromatic N) is 1. The molecule has 1 unspecified atom stereocenters. The van der Waals surface area contributed by atoms with E-state index in [1.54, 1.807) is 29.7 Å². The maximum absolute atomic E-state index is 12.2. The number of hydrogen-bond acceptors (Lipinski definition) is 9. The van der Waals surface area contributed by atoms with Gasteiger partial charge in [0.2, 0.25) is 0 Å². The molecule has 3 rings (SSSR count). The number of aliphatic hydroxyl groups excluding tert-OH is 3. The molecule has 0 saturated heterocycles. The molecule has 0 aromatic heterocycles. The van der Waals surface area contributed by atoms with Crippen LogP contribution < -0.4 is 5.48 Å². The highest BCUT2D eigenvalue weighted by atomic mass is 32.2. The van der Waals surface area contributed by atoms with E-state index >= 15 is 0 Å². The standard InChI is InChI=1S/C24H28N2O7S/c1-24(23(29)25-30,34(2,31)32)14-20-13-21(26-33-20)18-9-5-16(6-10-18)3-4-17-7-11-19(12-8-17)22(28)15-27/h5-12,20,22-23,25,27-30H,13-15H2,1-2H3/t20-,22-,23?,24-/m1/s1. The Bertz CT molecular complexity index is 1180. The summed E-state index contributed by atoms with van der Waals surface area (Å²) in [5, 5.41) is 41.8. The van der Waals surface area contributed by atoms with Gasteiger partial charge in [0.1, 0.15) is 23.2 Å². The Labute approximate surface area is 198 Å². The van der Waals surface area contributed by atoms with Crippen molar-refractivity contribution in [2.75, 3.05) is 12.9 Å². The van der Waals surface area contributed by atoms with Gasteiger partial charge >= 0.3 is 0 Å². The smallest absolute Gasteiger partial charge is 0.156 e. The van der Waals surface area contributed by atoms with Crippen molar-refractivity contribution in [2.45, 2.75) is 42.9 Å². The van der Waals surface area contributed by atoms with Gasteiger partial charge in [-0.3, -0.25) is 0 Å². The lowest BCUT2D eigenvalue weighted by Crippen LogP contribution is -2.54. The number of aliphatic hydroxyl groups is 3. The molecule has 2 aromatic rings. The lowest BCUT2D eigenvalue weighted by molar-refractivity contribution is -0.0355. The Morgan fingerprint density at radius 1 is 1.12 bits per heavy atom. The van der Waals surface area contributed by atoms with E-state index in [1.807, 2.05) is 24.3 Å². The highest BCUT2D eigenvalue weighted by molar-refractivity contribution is 7.92. The molecule has 4 atom stereocenters. The molecule has 0 radical (unpaired) electrons. The van der Waals surface area contributed by atoms with Crippen molar-refractivity contribution in [3.63, 3.8) is 0 Å². The number of oxime groups is 1. The molecular weight excluding hydrogens is 460 g/mol. The Balaban J connectivity index is 1.65. The topological polar surface area (TPSA) is 149 Å². The minimum absolute atomic E-state index is 0.0642. The van der Waals surface area contributed by atoms with Crippen LogP contribution in [0.25, 0.3) is 0 Å². The number of nitrogens with one attached hydrogen (secondary N) is 1. The normalized spacial score (nSPS) is 19.2. The van der Waals surface area contributed by atoms with Gasteiger partial charge in [0.05, 0.1) is 12.3 Å². The number of benzene rings is 2. The van der Waals surface area contributed by atoms with E-state index in [9.17, 15) is 18.6 Å². The van der Waals surface area contributed by atoms with Crippen molar-refractivity contribution in [1.29, 1.82) is 0 Å². The van der Waals surface area contributed by atoms with E-state index in [0.29, 0.717) is 17.7 Å². The third-order valence-corrected chi connectivity index (χ3v) is 8.04. The van der Waals surface area contributed by atoms with Crippen LogP contribution in [0.2, 0.25) is 0 Å². The van der Waals surface area contributed by atoms with Crippen molar-refractivity contribution >= 4 is 15.5 Å². The van der Waals surface area contributed by atoms with Gasteiger partial charge in [-0.05, 0) is 42.3 Å². The zero-order valence-electron chi connectivity index (χ0n) is 18.8. The minimum Gasteiger partial charge on any atom is -0.393 e. The lowest BCUT2D eigenvalue weighted by atomic mass is 9.95. The fourth-order valence-corrected chi connectivity index (χ4v) is 4.49. The molecule has 1 aliphatic heterocycles. The molecule has 2 aromatic carbocycles. The van der Waals surface area contributed by atoms with Crippen LogP contribution in [-0.4, -0.2) is 64.6 Å². The molecule has 1 heterocycles. The number of hydroxylamine groups is 1. The first-order valence-corrected chi connectivity index (χ1v) is 12.5. The van der Waals surface area contributed by atoms with E-state index in [-0.39, 0.29) is 13.0 Å². The molecule has 0 aliphatic carbocycles. The summed E-state index contributed by atoms with van der Waals surface area (Å²) < 4.78 is 22.8. The molecule has 9 nitrogen and oxygen atoms in total. The Kier molecular flexibility index (Phi) is 8.09. The Morgan fingerprint density at radius 2 is 1.68 bits per heavy atom. The SMILES string of the molecule is C[C@@](C[C@H]1CC(c2ccc(C#Cc3ccc([C@H](O)CO)cc3)cc2)=NO1)(C(O)NO)S(C)(=O)=O. The second-order valence-electron chi connectivity index (χ2n) is 8.44. The first kappa shape index (κ1) is 25.8. The lowest BCUT2D eigenvalue weighted by Gasteiger charge is -2.32. The van der Waals surface area contributed by atoms with E-state index < -0.39 is 33.0 Å². The zero-order valence-corrected chi connectivity index (χ0v) is 19.7. The molecule has 182 valence electrons. The average molecular weight is 489 g/mol. The predicted molar refractivity (Wildman–Crippen MR) is 126 cm³/mol. The molecule has 0 bridgehead atoms. The molecule has 0 spiro atoms. The van der Waals surface area contributed by atoms with Crippen molar-refractivity contribution in [3.05, 3.63) is 70.8 Å². The van der Waals surface area contributed by atoms with Crippen LogP contribution in [0.5, 0.6) is 0 Å². The van der Waals surface area contributed by atoms with Gasteiger partial charge < -0.3 is 25.4 Å². The van der Waals surface area contributed by atoms with Crippen molar-refractivity contribution in [1.82, 2.24) is 5.48 Å². The summed E-state index contributed by atoms with van der Waals surface area (Å²) in [6.45, 7) is 1.00. The van der Waals surface area contributed by atoms with Crippen molar-refractivity contribution in [2.24, 2.45) is 5.16 Å². The van der Waals surface area contributed by atoms with Crippen molar-refractivity contribution < 1.29 is 33.8 Å². The third kappa shape index (κ3) is 5.82. The molecule has 1 aliphatic rings. The second kappa shape index (κ2) is 10.7. The van der Waals surface area contributed by atoms with Crippen LogP contribution in [0.1, 0.15) is 48.1 Å². The third-order valence-electron chi connectivity index (χ3n) is 5.95. The fraction of sp³-hybridized carbons (Fsp3) is 0.375. The highest BCUT2D eigenvalue weighted by Gasteiger charge is 2.46. The summed E-state index contributed by atoms with van der Waals surface area (Å²) in [4.78, 5) is 5.42. The van der Waals surface area contributed by atoms with Crippen LogP contribution in [0.3, 0.4) is 0 Å². The average Bonchev–Trinajstić information content (AvgIpc) is 3.29. The number of sulfone groups is 1. The highest BCUT2D eigenvalue weighted by Crippen LogP contribution is 2.31. The van der Waals surface area contributed by atoms with Crippen LogP contribution in [0.15, 0.2) is 53.7 Å². The van der Waals surface area contributed by atoms with E-state index in [2.05, 4.69) is 17.0 Å². The van der Waals surface area contributed by atoms with Crippen LogP contribution >= 0.6 is 0 Å². The maximum Gasteiger partial charge on any atom is 0.156 e. The van der Waals surface area contributed by atoms with E-state index in [4.69, 9.17) is 15.2 Å².